The van der Waals surface area contributed by atoms with Crippen molar-refractivity contribution in [3.8, 4) is 16.9 Å². The molecule has 2 aliphatic carbocycles. The standard InChI is InChI=1S/C33H36N2O7S/c1-40-27-9-11-28(12-10-27)43(38,39)35(14-16-36)15-17-41-32-21-24(20-31(42-32)33(37)34-26-7-8-26)22-6-13-30-25(18-22)19-23-4-2-3-5-29(23)30/h2-6,9-13,18,20,24,26,32,36H,7-8,14-17,19,21H2,1H3,(H,34,37)/t24-,32+/m1/s1. The van der Waals surface area contributed by atoms with Gasteiger partial charge in [-0.1, -0.05) is 42.5 Å². The number of carbonyl (C=O) groups is 1. The molecule has 226 valence electrons. The van der Waals surface area contributed by atoms with Gasteiger partial charge in [0.1, 0.15) is 5.75 Å². The van der Waals surface area contributed by atoms with Crippen molar-refractivity contribution in [1.29, 1.82) is 0 Å². The van der Waals surface area contributed by atoms with Gasteiger partial charge in [-0.2, -0.15) is 4.31 Å². The topological polar surface area (TPSA) is 114 Å². The molecule has 1 saturated carbocycles. The molecule has 3 aromatic rings. The van der Waals surface area contributed by atoms with Gasteiger partial charge in [0.15, 0.2) is 5.76 Å². The van der Waals surface area contributed by atoms with Gasteiger partial charge < -0.3 is 24.6 Å². The van der Waals surface area contributed by atoms with Crippen LogP contribution in [-0.4, -0.2) is 69.5 Å². The third kappa shape index (κ3) is 6.47. The van der Waals surface area contributed by atoms with Crippen molar-refractivity contribution in [2.75, 3.05) is 33.4 Å². The van der Waals surface area contributed by atoms with E-state index in [9.17, 15) is 18.3 Å². The van der Waals surface area contributed by atoms with Crippen LogP contribution in [0.25, 0.3) is 11.1 Å². The molecule has 10 heteroatoms. The van der Waals surface area contributed by atoms with Crippen LogP contribution in [0.15, 0.2) is 83.5 Å². The molecule has 9 nitrogen and oxygen atoms in total. The van der Waals surface area contributed by atoms with Crippen molar-refractivity contribution in [1.82, 2.24) is 9.62 Å². The average Bonchev–Trinajstić information content (AvgIpc) is 3.77. The Balaban J connectivity index is 1.17. The molecule has 0 unspecified atom stereocenters. The van der Waals surface area contributed by atoms with E-state index in [4.69, 9.17) is 14.2 Å². The minimum atomic E-state index is -3.88. The molecule has 0 radical (unpaired) electrons. The van der Waals surface area contributed by atoms with Gasteiger partial charge in [0.25, 0.3) is 5.91 Å². The second kappa shape index (κ2) is 12.5. The SMILES string of the molecule is COc1ccc(S(=O)(=O)N(CCO)CCO[C@@H]2C[C@H](c3ccc4c(c3)Cc3ccccc3-4)C=C(C(=O)NC3CC3)O2)cc1. The van der Waals surface area contributed by atoms with Gasteiger partial charge in [-0.05, 0) is 77.4 Å². The Labute approximate surface area is 252 Å². The number of aliphatic hydroxyl groups is 1. The molecule has 0 spiro atoms. The zero-order valence-electron chi connectivity index (χ0n) is 24.1. The monoisotopic (exact) mass is 604 g/mol. The maximum absolute atomic E-state index is 13.3. The van der Waals surface area contributed by atoms with E-state index in [-0.39, 0.29) is 54.8 Å². The normalized spacial score (nSPS) is 19.3. The summed E-state index contributed by atoms with van der Waals surface area (Å²) in [5, 5.41) is 12.6. The highest BCUT2D eigenvalue weighted by molar-refractivity contribution is 7.89. The van der Waals surface area contributed by atoms with Gasteiger partial charge in [0.05, 0.1) is 25.2 Å². The summed E-state index contributed by atoms with van der Waals surface area (Å²) in [6.45, 7) is -0.403. The number of allylic oxidation sites excluding steroid dienone is 1. The maximum atomic E-state index is 13.3. The summed E-state index contributed by atoms with van der Waals surface area (Å²) in [6, 6.07) is 21.1. The molecule has 1 heterocycles. The molecule has 1 amide bonds. The molecule has 1 aliphatic heterocycles. The molecule has 43 heavy (non-hydrogen) atoms. The number of nitrogens with one attached hydrogen (secondary N) is 1. The van der Waals surface area contributed by atoms with Crippen LogP contribution >= 0.6 is 0 Å². The number of carbonyl (C=O) groups excluding carboxylic acids is 1. The summed E-state index contributed by atoms with van der Waals surface area (Å²) in [7, 11) is -2.37. The van der Waals surface area contributed by atoms with Gasteiger partial charge in [0, 0.05) is 31.5 Å². The van der Waals surface area contributed by atoms with Crippen molar-refractivity contribution >= 4 is 15.9 Å². The van der Waals surface area contributed by atoms with E-state index in [1.165, 1.54) is 45.8 Å². The highest BCUT2D eigenvalue weighted by atomic mass is 32.2. The smallest absolute Gasteiger partial charge is 0.286 e. The second-order valence-corrected chi connectivity index (χ2v) is 13.0. The predicted octanol–water partition coefficient (Wildman–Crippen LogP) is 3.96. The van der Waals surface area contributed by atoms with Crippen molar-refractivity contribution in [3.05, 3.63) is 95.3 Å². The van der Waals surface area contributed by atoms with Crippen LogP contribution in [0.2, 0.25) is 0 Å². The van der Waals surface area contributed by atoms with Crippen LogP contribution < -0.4 is 10.1 Å². The minimum absolute atomic E-state index is 0.00384. The number of hydrogen-bond acceptors (Lipinski definition) is 7. The molecular formula is C33H36N2O7S. The van der Waals surface area contributed by atoms with E-state index in [2.05, 4.69) is 47.8 Å². The first-order valence-corrected chi connectivity index (χ1v) is 16.1. The lowest BCUT2D eigenvalue weighted by Crippen LogP contribution is -2.38. The van der Waals surface area contributed by atoms with Crippen LogP contribution in [0.4, 0.5) is 0 Å². The summed E-state index contributed by atoms with van der Waals surface area (Å²) in [5.41, 5.74) is 6.12. The number of benzene rings is 3. The zero-order valence-corrected chi connectivity index (χ0v) is 24.9. The average molecular weight is 605 g/mol. The first-order valence-electron chi connectivity index (χ1n) is 14.6. The van der Waals surface area contributed by atoms with E-state index < -0.39 is 16.3 Å². The summed E-state index contributed by atoms with van der Waals surface area (Å²) in [4.78, 5) is 13.1. The van der Waals surface area contributed by atoms with E-state index in [1.807, 2.05) is 6.08 Å². The molecule has 0 saturated heterocycles. The highest BCUT2D eigenvalue weighted by Gasteiger charge is 2.33. The second-order valence-electron chi connectivity index (χ2n) is 11.1. The fourth-order valence-corrected chi connectivity index (χ4v) is 7.09. The Morgan fingerprint density at radius 3 is 2.53 bits per heavy atom. The molecule has 3 aliphatic rings. The van der Waals surface area contributed by atoms with Crippen molar-refractivity contribution < 1.29 is 32.5 Å². The van der Waals surface area contributed by atoms with E-state index >= 15 is 0 Å². The van der Waals surface area contributed by atoms with Gasteiger partial charge in [-0.3, -0.25) is 4.79 Å². The highest BCUT2D eigenvalue weighted by Crippen LogP contribution is 2.40. The largest absolute Gasteiger partial charge is 0.497 e. The maximum Gasteiger partial charge on any atom is 0.286 e. The number of fused-ring (bicyclic) bond motifs is 3. The van der Waals surface area contributed by atoms with Gasteiger partial charge in [-0.25, -0.2) is 8.42 Å². The number of nitrogens with zero attached hydrogens (tertiary/aromatic N) is 1. The Hall–Kier alpha value is -3.70. The minimum Gasteiger partial charge on any atom is -0.497 e. The van der Waals surface area contributed by atoms with Gasteiger partial charge in [-0.15, -0.1) is 0 Å². The van der Waals surface area contributed by atoms with Gasteiger partial charge >= 0.3 is 0 Å². The molecule has 1 fully saturated rings. The van der Waals surface area contributed by atoms with Crippen molar-refractivity contribution in [2.24, 2.45) is 0 Å². The summed E-state index contributed by atoms with van der Waals surface area (Å²) in [6.07, 6.45) is 4.36. The summed E-state index contributed by atoms with van der Waals surface area (Å²) in [5.74, 6) is 0.375. The Kier molecular flexibility index (Phi) is 8.54. The molecule has 0 bridgehead atoms. The quantitative estimate of drug-likeness (QED) is 0.252. The van der Waals surface area contributed by atoms with Crippen molar-refractivity contribution in [3.63, 3.8) is 0 Å². The lowest BCUT2D eigenvalue weighted by Gasteiger charge is -2.30. The number of methoxy groups -OCH3 is 1. The lowest BCUT2D eigenvalue weighted by atomic mass is 9.90. The van der Waals surface area contributed by atoms with E-state index in [1.54, 1.807) is 12.1 Å². The molecule has 0 aromatic heterocycles. The lowest BCUT2D eigenvalue weighted by molar-refractivity contribution is -0.146. The number of hydrogen-bond donors (Lipinski definition) is 2. The molecule has 6 rings (SSSR count). The Morgan fingerprint density at radius 2 is 1.79 bits per heavy atom. The van der Waals surface area contributed by atoms with Gasteiger partial charge in [0.2, 0.25) is 16.3 Å². The third-order valence-corrected chi connectivity index (χ3v) is 10.0. The van der Waals surface area contributed by atoms with E-state index in [0.29, 0.717) is 12.2 Å². The van der Waals surface area contributed by atoms with Crippen LogP contribution in [0, 0.1) is 0 Å². The fraction of sp³-hybridized carbons (Fsp3) is 0.364. The molecule has 3 aromatic carbocycles. The molecule has 2 N–H and O–H groups in total. The number of sulfonamides is 1. The molecule has 2 atom stereocenters. The molecular weight excluding hydrogens is 568 g/mol. The Bertz CT molecular complexity index is 1620. The summed E-state index contributed by atoms with van der Waals surface area (Å²) >= 11 is 0. The number of ether oxygens (including phenoxy) is 3. The predicted molar refractivity (Wildman–Crippen MR) is 161 cm³/mol. The third-order valence-electron chi connectivity index (χ3n) is 8.13. The van der Waals surface area contributed by atoms with Crippen molar-refractivity contribution in [2.45, 2.75) is 48.8 Å². The number of amides is 1. The van der Waals surface area contributed by atoms with Crippen LogP contribution in [0.3, 0.4) is 0 Å². The van der Waals surface area contributed by atoms with Crippen LogP contribution in [0.1, 0.15) is 41.9 Å². The first kappa shape index (κ1) is 29.4. The van der Waals surface area contributed by atoms with Crippen LogP contribution in [-0.2, 0) is 30.7 Å². The van der Waals surface area contributed by atoms with E-state index in [0.717, 1.165) is 24.8 Å². The fourth-order valence-electron chi connectivity index (χ4n) is 5.68. The number of rotatable bonds is 12. The van der Waals surface area contributed by atoms with Crippen LogP contribution in [0.5, 0.6) is 5.75 Å². The zero-order chi connectivity index (χ0) is 30.0. The number of aliphatic hydroxyl groups excluding tert-OH is 1. The first-order chi connectivity index (χ1) is 20.9. The summed E-state index contributed by atoms with van der Waals surface area (Å²) < 4.78 is 45.0. The Morgan fingerprint density at radius 1 is 1.02 bits per heavy atom.